The topological polar surface area (TPSA) is 88.1 Å². The maximum Gasteiger partial charge on any atom is 0.255 e. The summed E-state index contributed by atoms with van der Waals surface area (Å²) in [5, 5.41) is 13.4. The van der Waals surface area contributed by atoms with Gasteiger partial charge in [-0.05, 0) is 42.8 Å². The van der Waals surface area contributed by atoms with Crippen LogP contribution in [0.4, 0.5) is 5.69 Å². The van der Waals surface area contributed by atoms with Crippen molar-refractivity contribution < 1.29 is 9.53 Å². The lowest BCUT2D eigenvalue weighted by atomic mass is 9.82. The summed E-state index contributed by atoms with van der Waals surface area (Å²) in [5.74, 6) is -0.879. The molecule has 0 spiro atoms. The first-order valence-electron chi connectivity index (χ1n) is 8.02. The largest absolute Gasteiger partial charge is 0.445 e. The Morgan fingerprint density at radius 1 is 1.19 bits per heavy atom. The van der Waals surface area contributed by atoms with Crippen molar-refractivity contribution in [3.63, 3.8) is 0 Å². The molecular formula is C20H15Cl2N3O2. The van der Waals surface area contributed by atoms with E-state index in [2.05, 4.69) is 5.32 Å². The number of nitriles is 1. The van der Waals surface area contributed by atoms with Crippen LogP contribution in [0.2, 0.25) is 10.0 Å². The van der Waals surface area contributed by atoms with Crippen molar-refractivity contribution in [2.75, 3.05) is 5.32 Å². The number of anilines is 1. The standard InChI is InChI=1S/C20H15Cl2N3O2/c1-11-17(20(26)25-13-8-6-12(21)7-9-13)18(15(10-23)19(24)27-11)14-4-2-3-5-16(14)22/h2-9,18H,24H2,1H3,(H,25,26)/t18-/m0/s1. The van der Waals surface area contributed by atoms with Gasteiger partial charge >= 0.3 is 0 Å². The molecule has 3 N–H and O–H groups in total. The maximum absolute atomic E-state index is 13.0. The monoisotopic (exact) mass is 399 g/mol. The van der Waals surface area contributed by atoms with E-state index in [4.69, 9.17) is 33.7 Å². The summed E-state index contributed by atoms with van der Waals surface area (Å²) in [7, 11) is 0. The number of hydrogen-bond donors (Lipinski definition) is 2. The molecule has 0 aromatic heterocycles. The van der Waals surface area contributed by atoms with Crippen molar-refractivity contribution in [2.24, 2.45) is 5.73 Å². The van der Waals surface area contributed by atoms with Crippen LogP contribution in [0.25, 0.3) is 0 Å². The van der Waals surface area contributed by atoms with E-state index < -0.39 is 11.8 Å². The van der Waals surface area contributed by atoms with Gasteiger partial charge in [0.05, 0.1) is 11.5 Å². The third-order valence-electron chi connectivity index (χ3n) is 4.17. The first kappa shape index (κ1) is 18.8. The molecule has 2 aromatic carbocycles. The van der Waals surface area contributed by atoms with Gasteiger partial charge in [0.15, 0.2) is 0 Å². The number of hydrogen-bond acceptors (Lipinski definition) is 4. The van der Waals surface area contributed by atoms with E-state index in [1.807, 2.05) is 6.07 Å². The van der Waals surface area contributed by atoms with Crippen LogP contribution in [0.1, 0.15) is 18.4 Å². The van der Waals surface area contributed by atoms with Crippen molar-refractivity contribution in [3.8, 4) is 6.07 Å². The Kier molecular flexibility index (Phi) is 5.41. The number of allylic oxidation sites excluding steroid dienone is 2. The van der Waals surface area contributed by atoms with Gasteiger partial charge in [-0.1, -0.05) is 41.4 Å². The molecule has 7 heteroatoms. The lowest BCUT2D eigenvalue weighted by molar-refractivity contribution is -0.113. The number of benzene rings is 2. The third kappa shape index (κ3) is 3.77. The molecule has 0 bridgehead atoms. The number of amides is 1. The number of rotatable bonds is 3. The molecule has 0 radical (unpaired) electrons. The summed E-state index contributed by atoms with van der Waals surface area (Å²) >= 11 is 12.2. The molecule has 0 fully saturated rings. The molecule has 1 atom stereocenters. The lowest BCUT2D eigenvalue weighted by Gasteiger charge is -2.28. The summed E-state index contributed by atoms with van der Waals surface area (Å²) in [6, 6.07) is 15.7. The average Bonchev–Trinajstić information content (AvgIpc) is 2.63. The number of nitrogens with one attached hydrogen (secondary N) is 1. The Morgan fingerprint density at radius 3 is 2.48 bits per heavy atom. The number of carbonyl (C=O) groups excluding carboxylic acids is 1. The summed E-state index contributed by atoms with van der Waals surface area (Å²) in [6.07, 6.45) is 0. The van der Waals surface area contributed by atoms with E-state index in [1.54, 1.807) is 55.5 Å². The predicted molar refractivity (Wildman–Crippen MR) is 105 cm³/mol. The highest BCUT2D eigenvalue weighted by molar-refractivity contribution is 6.31. The highest BCUT2D eigenvalue weighted by atomic mass is 35.5. The molecule has 0 aliphatic carbocycles. The van der Waals surface area contributed by atoms with Crippen molar-refractivity contribution in [2.45, 2.75) is 12.8 Å². The molecule has 1 aliphatic heterocycles. The first-order chi connectivity index (χ1) is 12.9. The second-order valence-electron chi connectivity index (χ2n) is 5.88. The Bertz CT molecular complexity index is 1000. The highest BCUT2D eigenvalue weighted by Crippen LogP contribution is 2.41. The van der Waals surface area contributed by atoms with Crippen LogP contribution in [0.5, 0.6) is 0 Å². The van der Waals surface area contributed by atoms with Crippen LogP contribution in [0.3, 0.4) is 0 Å². The first-order valence-corrected chi connectivity index (χ1v) is 8.77. The van der Waals surface area contributed by atoms with Gasteiger partial charge in [0, 0.05) is 15.7 Å². The zero-order chi connectivity index (χ0) is 19.6. The minimum Gasteiger partial charge on any atom is -0.445 e. The number of ether oxygens (including phenoxy) is 1. The SMILES string of the molecule is CC1=C(C(=O)Nc2ccc(Cl)cc2)[C@@H](c2ccccc2Cl)C(C#N)=C(N)O1. The summed E-state index contributed by atoms with van der Waals surface area (Å²) in [5.41, 5.74) is 7.46. The van der Waals surface area contributed by atoms with E-state index in [-0.39, 0.29) is 17.0 Å². The quantitative estimate of drug-likeness (QED) is 0.781. The molecule has 0 unspecified atom stereocenters. The number of nitrogens with zero attached hydrogens (tertiary/aromatic N) is 1. The van der Waals surface area contributed by atoms with Gasteiger partial charge in [0.1, 0.15) is 17.4 Å². The van der Waals surface area contributed by atoms with E-state index in [0.717, 1.165) is 0 Å². The van der Waals surface area contributed by atoms with Gasteiger partial charge in [-0.15, -0.1) is 0 Å². The maximum atomic E-state index is 13.0. The Labute approximate surface area is 166 Å². The van der Waals surface area contributed by atoms with Gasteiger partial charge in [-0.3, -0.25) is 4.79 Å². The molecule has 1 amide bonds. The van der Waals surface area contributed by atoms with E-state index in [9.17, 15) is 10.1 Å². The minimum atomic E-state index is -0.732. The Hall–Kier alpha value is -2.94. The van der Waals surface area contributed by atoms with Gasteiger partial charge in [-0.25, -0.2) is 0 Å². The second kappa shape index (κ2) is 7.75. The Balaban J connectivity index is 2.06. The van der Waals surface area contributed by atoms with E-state index in [0.29, 0.717) is 27.1 Å². The van der Waals surface area contributed by atoms with Crippen molar-refractivity contribution in [1.82, 2.24) is 0 Å². The molecule has 1 aliphatic rings. The second-order valence-corrected chi connectivity index (χ2v) is 6.72. The normalized spacial score (nSPS) is 16.6. The summed E-state index contributed by atoms with van der Waals surface area (Å²) < 4.78 is 5.46. The van der Waals surface area contributed by atoms with E-state index in [1.165, 1.54) is 0 Å². The summed E-state index contributed by atoms with van der Waals surface area (Å²) in [6.45, 7) is 1.63. The number of halogens is 2. The van der Waals surface area contributed by atoms with Crippen LogP contribution >= 0.6 is 23.2 Å². The molecule has 136 valence electrons. The molecule has 0 saturated carbocycles. The van der Waals surface area contributed by atoms with Crippen LogP contribution in [0, 0.1) is 11.3 Å². The van der Waals surface area contributed by atoms with Crippen LogP contribution in [0.15, 0.2) is 71.3 Å². The third-order valence-corrected chi connectivity index (χ3v) is 4.76. The fourth-order valence-electron chi connectivity index (χ4n) is 2.93. The van der Waals surface area contributed by atoms with Gasteiger partial charge in [0.25, 0.3) is 5.91 Å². The molecule has 5 nitrogen and oxygen atoms in total. The summed E-state index contributed by atoms with van der Waals surface area (Å²) in [4.78, 5) is 13.0. The van der Waals surface area contributed by atoms with Crippen LogP contribution < -0.4 is 11.1 Å². The van der Waals surface area contributed by atoms with Crippen molar-refractivity contribution in [1.29, 1.82) is 5.26 Å². The molecule has 3 rings (SSSR count). The van der Waals surface area contributed by atoms with Gasteiger partial charge < -0.3 is 15.8 Å². The van der Waals surface area contributed by atoms with E-state index >= 15 is 0 Å². The molecular weight excluding hydrogens is 385 g/mol. The molecule has 2 aromatic rings. The molecule has 27 heavy (non-hydrogen) atoms. The van der Waals surface area contributed by atoms with Crippen LogP contribution in [-0.4, -0.2) is 5.91 Å². The average molecular weight is 400 g/mol. The van der Waals surface area contributed by atoms with Crippen LogP contribution in [-0.2, 0) is 9.53 Å². The van der Waals surface area contributed by atoms with Crippen molar-refractivity contribution >= 4 is 34.8 Å². The minimum absolute atomic E-state index is 0.0389. The number of nitrogens with two attached hydrogens (primary N) is 1. The van der Waals surface area contributed by atoms with Gasteiger partial charge in [-0.2, -0.15) is 5.26 Å². The smallest absolute Gasteiger partial charge is 0.255 e. The lowest BCUT2D eigenvalue weighted by Crippen LogP contribution is -2.28. The molecule has 0 saturated heterocycles. The molecule has 1 heterocycles. The van der Waals surface area contributed by atoms with Gasteiger partial charge in [0.2, 0.25) is 5.88 Å². The van der Waals surface area contributed by atoms with Crippen molar-refractivity contribution in [3.05, 3.63) is 86.9 Å². The zero-order valence-corrected chi connectivity index (χ0v) is 15.8. The highest BCUT2D eigenvalue weighted by Gasteiger charge is 2.36. The Morgan fingerprint density at radius 2 is 1.85 bits per heavy atom. The number of carbonyl (C=O) groups is 1. The fourth-order valence-corrected chi connectivity index (χ4v) is 3.30. The fraction of sp³-hybridized carbons (Fsp3) is 0.100. The zero-order valence-electron chi connectivity index (χ0n) is 14.3. The predicted octanol–water partition coefficient (Wildman–Crippen LogP) is 4.71.